The van der Waals surface area contributed by atoms with Gasteiger partial charge in [0.25, 0.3) is 0 Å². The van der Waals surface area contributed by atoms with Crippen LogP contribution in [0.5, 0.6) is 5.75 Å². The lowest BCUT2D eigenvalue weighted by molar-refractivity contribution is -0.132. The van der Waals surface area contributed by atoms with E-state index >= 15 is 0 Å². The molecule has 0 radical (unpaired) electrons. The first kappa shape index (κ1) is 13.1. The van der Waals surface area contributed by atoms with Crippen LogP contribution in [0, 0.1) is 11.8 Å². The van der Waals surface area contributed by atoms with Gasteiger partial charge in [0.1, 0.15) is 11.5 Å². The van der Waals surface area contributed by atoms with Crippen molar-refractivity contribution in [3.05, 3.63) is 52.8 Å². The van der Waals surface area contributed by atoms with Crippen LogP contribution in [0.4, 0.5) is 0 Å². The van der Waals surface area contributed by atoms with Gasteiger partial charge in [-0.2, -0.15) is 0 Å². The zero-order chi connectivity index (χ0) is 15.3. The molecule has 0 spiro atoms. The van der Waals surface area contributed by atoms with E-state index in [0.29, 0.717) is 0 Å². The maximum Gasteiger partial charge on any atom is 0.335 e. The summed E-state index contributed by atoms with van der Waals surface area (Å²) in [6.07, 6.45) is 2.12. The topological polar surface area (TPSA) is 112 Å². The fourth-order valence-electron chi connectivity index (χ4n) is 2.77. The number of Topliss-reactive ketones (excluding diaryl/α,β-unsaturated/α-hetero) is 2. The molecule has 21 heavy (non-hydrogen) atoms. The third-order valence-electron chi connectivity index (χ3n) is 3.73. The third-order valence-corrected chi connectivity index (χ3v) is 3.73. The number of ketones is 2. The SMILES string of the molecule is O=C(O)C1=C[C@@H]2C(=O)c3cccc(O)c3C(=O)[C@H]2C(O)=C1. The van der Waals surface area contributed by atoms with Gasteiger partial charge in [0, 0.05) is 5.56 Å². The van der Waals surface area contributed by atoms with Crippen LogP contribution in [0.3, 0.4) is 0 Å². The standard InChI is InChI=1S/C15H10O6/c16-9-3-1-2-7-11(9)14(19)12-8(13(7)18)4-6(15(20)21)5-10(12)17/h1-5,8,12,16-17H,(H,20,21)/t8-,12+/m0/s1. The van der Waals surface area contributed by atoms with Gasteiger partial charge in [-0.3, -0.25) is 9.59 Å². The minimum absolute atomic E-state index is 0.0388. The fraction of sp³-hybridized carbons (Fsp3) is 0.133. The Labute approximate surface area is 118 Å². The molecule has 0 saturated heterocycles. The number of aliphatic hydroxyl groups is 1. The van der Waals surface area contributed by atoms with Gasteiger partial charge in [0.05, 0.1) is 23.0 Å². The average Bonchev–Trinajstić information content (AvgIpc) is 2.43. The van der Waals surface area contributed by atoms with Gasteiger partial charge in [0.15, 0.2) is 11.6 Å². The predicted molar refractivity (Wildman–Crippen MR) is 70.2 cm³/mol. The van der Waals surface area contributed by atoms with E-state index in [9.17, 15) is 24.6 Å². The highest BCUT2D eigenvalue weighted by atomic mass is 16.4. The van der Waals surface area contributed by atoms with Crippen molar-refractivity contribution in [1.29, 1.82) is 0 Å². The fourth-order valence-corrected chi connectivity index (χ4v) is 2.77. The smallest absolute Gasteiger partial charge is 0.335 e. The molecule has 6 nitrogen and oxygen atoms in total. The van der Waals surface area contributed by atoms with Gasteiger partial charge in [-0.15, -0.1) is 0 Å². The van der Waals surface area contributed by atoms with Gasteiger partial charge in [-0.25, -0.2) is 4.79 Å². The Hall–Kier alpha value is -2.89. The second-order valence-corrected chi connectivity index (χ2v) is 4.93. The molecule has 0 saturated carbocycles. The first-order valence-corrected chi connectivity index (χ1v) is 6.18. The largest absolute Gasteiger partial charge is 0.511 e. The maximum absolute atomic E-state index is 12.4. The Morgan fingerprint density at radius 2 is 1.81 bits per heavy atom. The van der Waals surface area contributed by atoms with Crippen molar-refractivity contribution in [2.45, 2.75) is 0 Å². The number of carbonyl (C=O) groups excluding carboxylic acids is 2. The van der Waals surface area contributed by atoms with Gasteiger partial charge in [0.2, 0.25) is 0 Å². The number of carboxylic acid groups (broad SMARTS) is 1. The van der Waals surface area contributed by atoms with Crippen LogP contribution in [0.25, 0.3) is 0 Å². The average molecular weight is 286 g/mol. The molecule has 3 N–H and O–H groups in total. The number of allylic oxidation sites excluding steroid dienone is 2. The minimum Gasteiger partial charge on any atom is -0.511 e. The van der Waals surface area contributed by atoms with Crippen LogP contribution in [0.15, 0.2) is 41.7 Å². The Morgan fingerprint density at radius 1 is 1.10 bits per heavy atom. The number of hydrogen-bond donors (Lipinski definition) is 3. The van der Waals surface area contributed by atoms with Crippen LogP contribution in [0.1, 0.15) is 20.7 Å². The number of fused-ring (bicyclic) bond motifs is 2. The Morgan fingerprint density at radius 3 is 2.48 bits per heavy atom. The van der Waals surface area contributed by atoms with E-state index in [4.69, 9.17) is 5.11 Å². The van der Waals surface area contributed by atoms with E-state index in [1.54, 1.807) is 0 Å². The van der Waals surface area contributed by atoms with Gasteiger partial charge in [-0.1, -0.05) is 18.2 Å². The second-order valence-electron chi connectivity index (χ2n) is 4.93. The van der Waals surface area contributed by atoms with Gasteiger partial charge >= 0.3 is 5.97 Å². The molecule has 1 aromatic carbocycles. The Bertz CT molecular complexity index is 755. The van der Waals surface area contributed by atoms with Crippen LogP contribution < -0.4 is 0 Å². The Kier molecular flexibility index (Phi) is 2.69. The molecule has 0 heterocycles. The lowest BCUT2D eigenvalue weighted by atomic mass is 9.70. The number of rotatable bonds is 1. The molecule has 1 aromatic rings. The minimum atomic E-state index is -1.29. The summed E-state index contributed by atoms with van der Waals surface area (Å²) < 4.78 is 0. The molecular formula is C15H10O6. The number of hydrogen-bond acceptors (Lipinski definition) is 5. The van der Waals surface area contributed by atoms with Crippen LogP contribution in [-0.2, 0) is 4.79 Å². The van der Waals surface area contributed by atoms with Crippen LogP contribution in [-0.4, -0.2) is 32.9 Å². The number of aliphatic carboxylic acids is 1. The molecule has 0 bridgehead atoms. The number of aliphatic hydroxyl groups excluding tert-OH is 1. The number of carboxylic acids is 1. The molecule has 0 fully saturated rings. The number of benzene rings is 1. The summed E-state index contributed by atoms with van der Waals surface area (Å²) in [5.41, 5.74) is -0.327. The van der Waals surface area contributed by atoms with Crippen LogP contribution in [0.2, 0.25) is 0 Å². The quantitative estimate of drug-likeness (QED) is 0.720. The first-order valence-electron chi connectivity index (χ1n) is 6.18. The highest BCUT2D eigenvalue weighted by Gasteiger charge is 2.45. The molecule has 2 atom stereocenters. The van der Waals surface area contributed by atoms with E-state index in [1.807, 2.05) is 0 Å². The summed E-state index contributed by atoms with van der Waals surface area (Å²) in [6, 6.07) is 4.11. The molecule has 106 valence electrons. The molecule has 0 aromatic heterocycles. The van der Waals surface area contributed by atoms with Crippen molar-refractivity contribution in [1.82, 2.24) is 0 Å². The molecule has 2 aliphatic carbocycles. The number of phenolic OH excluding ortho intramolecular Hbond substituents is 1. The van der Waals surface area contributed by atoms with Gasteiger partial charge < -0.3 is 15.3 Å². The molecule has 3 rings (SSSR count). The van der Waals surface area contributed by atoms with E-state index < -0.39 is 35.1 Å². The zero-order valence-electron chi connectivity index (χ0n) is 10.6. The maximum atomic E-state index is 12.4. The third kappa shape index (κ3) is 1.76. The summed E-state index contributed by atoms with van der Waals surface area (Å²) in [5, 5.41) is 28.7. The molecule has 0 amide bonds. The zero-order valence-corrected chi connectivity index (χ0v) is 10.6. The predicted octanol–water partition coefficient (Wildman–Crippen LogP) is 1.47. The summed E-state index contributed by atoms with van der Waals surface area (Å²) in [6.45, 7) is 0. The van der Waals surface area contributed by atoms with Crippen LogP contribution >= 0.6 is 0 Å². The lowest BCUT2D eigenvalue weighted by Gasteiger charge is -2.31. The number of carbonyl (C=O) groups is 3. The molecule has 6 heteroatoms. The van der Waals surface area contributed by atoms with Crippen molar-refractivity contribution in [2.24, 2.45) is 11.8 Å². The Balaban J connectivity index is 2.22. The van der Waals surface area contributed by atoms with E-state index in [1.165, 1.54) is 24.3 Å². The molecular weight excluding hydrogens is 276 g/mol. The van der Waals surface area contributed by atoms with Gasteiger partial charge in [-0.05, 0) is 12.1 Å². The van der Waals surface area contributed by atoms with Crippen molar-refractivity contribution < 1.29 is 29.7 Å². The monoisotopic (exact) mass is 286 g/mol. The summed E-state index contributed by atoms with van der Waals surface area (Å²) in [5.74, 6) is -5.44. The van der Waals surface area contributed by atoms with E-state index in [-0.39, 0.29) is 22.4 Å². The van der Waals surface area contributed by atoms with Crippen molar-refractivity contribution in [3.63, 3.8) is 0 Å². The highest BCUT2D eigenvalue weighted by molar-refractivity contribution is 6.19. The summed E-state index contributed by atoms with van der Waals surface area (Å²) in [4.78, 5) is 35.8. The highest BCUT2D eigenvalue weighted by Crippen LogP contribution is 2.40. The van der Waals surface area contributed by atoms with Crippen molar-refractivity contribution in [2.75, 3.05) is 0 Å². The lowest BCUT2D eigenvalue weighted by Crippen LogP contribution is -2.38. The van der Waals surface area contributed by atoms with E-state index in [2.05, 4.69) is 0 Å². The van der Waals surface area contributed by atoms with E-state index in [0.717, 1.165) is 6.08 Å². The first-order chi connectivity index (χ1) is 9.91. The van der Waals surface area contributed by atoms with Crippen molar-refractivity contribution >= 4 is 17.5 Å². The van der Waals surface area contributed by atoms with Crippen molar-refractivity contribution in [3.8, 4) is 5.75 Å². The summed E-state index contributed by atoms with van der Waals surface area (Å²) in [7, 11) is 0. The second kappa shape index (κ2) is 4.31. The number of aromatic hydroxyl groups is 1. The number of phenols is 1. The normalized spacial score (nSPS) is 23.8. The summed E-state index contributed by atoms with van der Waals surface area (Å²) >= 11 is 0. The molecule has 0 unspecified atom stereocenters. The molecule has 0 aliphatic heterocycles. The molecule has 2 aliphatic rings.